The zero-order valence-corrected chi connectivity index (χ0v) is 21.3. The summed E-state index contributed by atoms with van der Waals surface area (Å²) in [6.45, 7) is 4.82. The summed E-state index contributed by atoms with van der Waals surface area (Å²) in [6.07, 6.45) is -4.68. The molecule has 0 aliphatic carbocycles. The number of Topliss-reactive ketones (excluding diaryl/α,β-unsaturated/α-hetero) is 1. The van der Waals surface area contributed by atoms with Crippen LogP contribution in [0.5, 0.6) is 0 Å². The van der Waals surface area contributed by atoms with E-state index in [0.29, 0.717) is 28.3 Å². The summed E-state index contributed by atoms with van der Waals surface area (Å²) in [5.74, 6) is -0.750. The molecule has 0 unspecified atom stereocenters. The predicted molar refractivity (Wildman–Crippen MR) is 134 cm³/mol. The number of hydrogen-bond acceptors (Lipinski definition) is 4. The molecule has 3 aromatic rings. The van der Waals surface area contributed by atoms with Crippen molar-refractivity contribution in [2.24, 2.45) is 5.92 Å². The molecule has 10 heteroatoms. The highest BCUT2D eigenvalue weighted by atomic mass is 32.2. The van der Waals surface area contributed by atoms with Crippen LogP contribution in [0.2, 0.25) is 0 Å². The highest BCUT2D eigenvalue weighted by Gasteiger charge is 2.31. The van der Waals surface area contributed by atoms with E-state index < -0.39 is 38.6 Å². The summed E-state index contributed by atoms with van der Waals surface area (Å²) in [7, 11) is -4.27. The van der Waals surface area contributed by atoms with Crippen LogP contribution in [-0.2, 0) is 27.5 Å². The molecule has 37 heavy (non-hydrogen) atoms. The molecule has 2 N–H and O–H groups in total. The topological polar surface area (TPSA) is 92.3 Å². The van der Waals surface area contributed by atoms with Crippen molar-refractivity contribution in [1.82, 2.24) is 10.0 Å². The monoisotopic (exact) mass is 532 g/mol. The zero-order valence-electron chi connectivity index (χ0n) is 20.5. The standard InChI is InChI=1S/C27H27F3N2O4S/c1-17(2)25(18(3)33)32-26(34)24-14-7-6-13-23(24)22-12-5-4-9-19(22)16-31-37(35,36)21-11-8-10-20(15-21)27(28,29)30/h4-15,17,25,31H,16H2,1-3H3,(H,32,34)/t25-/m0/s1. The van der Waals surface area contributed by atoms with Gasteiger partial charge in [-0.25, -0.2) is 13.1 Å². The number of hydrogen-bond donors (Lipinski definition) is 2. The molecular formula is C27H27F3N2O4S. The van der Waals surface area contributed by atoms with Crippen LogP contribution in [0, 0.1) is 5.92 Å². The molecule has 0 saturated carbocycles. The minimum absolute atomic E-state index is 0.119. The Balaban J connectivity index is 1.91. The van der Waals surface area contributed by atoms with E-state index in [1.165, 1.54) is 6.92 Å². The van der Waals surface area contributed by atoms with Crippen LogP contribution in [-0.4, -0.2) is 26.2 Å². The van der Waals surface area contributed by atoms with Gasteiger partial charge in [0, 0.05) is 12.1 Å². The maximum absolute atomic E-state index is 13.1. The van der Waals surface area contributed by atoms with Gasteiger partial charge in [0.1, 0.15) is 0 Å². The smallest absolute Gasteiger partial charge is 0.342 e. The molecule has 0 aliphatic heterocycles. The third kappa shape index (κ3) is 6.84. The van der Waals surface area contributed by atoms with E-state index >= 15 is 0 Å². The van der Waals surface area contributed by atoms with Crippen LogP contribution in [0.15, 0.2) is 77.7 Å². The van der Waals surface area contributed by atoms with Crippen LogP contribution in [0.1, 0.15) is 42.3 Å². The van der Waals surface area contributed by atoms with Crippen molar-refractivity contribution in [1.29, 1.82) is 0 Å². The van der Waals surface area contributed by atoms with E-state index in [9.17, 15) is 31.2 Å². The Morgan fingerprint density at radius 3 is 2.14 bits per heavy atom. The van der Waals surface area contributed by atoms with Gasteiger partial charge in [0.15, 0.2) is 5.78 Å². The fraction of sp³-hybridized carbons (Fsp3) is 0.259. The first-order chi connectivity index (χ1) is 17.3. The zero-order chi connectivity index (χ0) is 27.4. The number of rotatable bonds is 9. The van der Waals surface area contributed by atoms with Crippen LogP contribution in [0.4, 0.5) is 13.2 Å². The SMILES string of the molecule is CC(=O)[C@@H](NC(=O)c1ccccc1-c1ccccc1CNS(=O)(=O)c1cccc(C(F)(F)F)c1)C(C)C. The maximum atomic E-state index is 13.1. The number of benzene rings is 3. The van der Waals surface area contributed by atoms with Gasteiger partial charge in [-0.05, 0) is 53.8 Å². The fourth-order valence-electron chi connectivity index (χ4n) is 3.91. The summed E-state index contributed by atoms with van der Waals surface area (Å²) in [5.41, 5.74) is 0.803. The lowest BCUT2D eigenvalue weighted by Gasteiger charge is -2.21. The molecule has 0 radical (unpaired) electrons. The Kier molecular flexibility index (Phi) is 8.55. The average molecular weight is 533 g/mol. The van der Waals surface area contributed by atoms with E-state index in [1.54, 1.807) is 48.5 Å². The molecule has 196 valence electrons. The van der Waals surface area contributed by atoms with Gasteiger partial charge in [0.25, 0.3) is 5.91 Å². The second-order valence-electron chi connectivity index (χ2n) is 8.86. The van der Waals surface area contributed by atoms with Gasteiger partial charge in [-0.15, -0.1) is 0 Å². The molecule has 0 aliphatic rings. The number of carbonyl (C=O) groups excluding carboxylic acids is 2. The van der Waals surface area contributed by atoms with Gasteiger partial charge in [0.05, 0.1) is 16.5 Å². The normalized spacial score (nSPS) is 12.8. The highest BCUT2D eigenvalue weighted by Crippen LogP contribution is 2.31. The second-order valence-corrected chi connectivity index (χ2v) is 10.6. The van der Waals surface area contributed by atoms with Gasteiger partial charge >= 0.3 is 6.18 Å². The molecule has 3 rings (SSSR count). The molecule has 0 bridgehead atoms. The maximum Gasteiger partial charge on any atom is 0.416 e. The quantitative estimate of drug-likeness (QED) is 0.397. The van der Waals surface area contributed by atoms with Gasteiger partial charge in [-0.3, -0.25) is 9.59 Å². The molecule has 0 fully saturated rings. The molecular weight excluding hydrogens is 505 g/mol. The number of halogens is 3. The Bertz CT molecular complexity index is 1400. The highest BCUT2D eigenvalue weighted by molar-refractivity contribution is 7.89. The number of amides is 1. The lowest BCUT2D eigenvalue weighted by Crippen LogP contribution is -2.43. The summed E-state index contributed by atoms with van der Waals surface area (Å²) in [5, 5.41) is 2.77. The summed E-state index contributed by atoms with van der Waals surface area (Å²) in [4.78, 5) is 24.6. The van der Waals surface area contributed by atoms with Gasteiger partial charge in [-0.1, -0.05) is 62.4 Å². The molecule has 0 aromatic heterocycles. The molecule has 6 nitrogen and oxygen atoms in total. The minimum Gasteiger partial charge on any atom is -0.342 e. The first-order valence-corrected chi connectivity index (χ1v) is 12.9. The third-order valence-corrected chi connectivity index (χ3v) is 7.19. The number of nitrogens with one attached hydrogen (secondary N) is 2. The van der Waals surface area contributed by atoms with Gasteiger partial charge in [0.2, 0.25) is 10.0 Å². The van der Waals surface area contributed by atoms with E-state index in [-0.39, 0.29) is 18.2 Å². The van der Waals surface area contributed by atoms with Gasteiger partial charge < -0.3 is 5.32 Å². The Morgan fingerprint density at radius 1 is 0.892 bits per heavy atom. The van der Waals surface area contributed by atoms with Crippen LogP contribution < -0.4 is 10.0 Å². The van der Waals surface area contributed by atoms with Crippen molar-refractivity contribution in [3.63, 3.8) is 0 Å². The van der Waals surface area contributed by atoms with E-state index in [2.05, 4.69) is 10.0 Å². The molecule has 1 amide bonds. The third-order valence-electron chi connectivity index (χ3n) is 5.79. The number of ketones is 1. The lowest BCUT2D eigenvalue weighted by atomic mass is 9.94. The molecule has 1 atom stereocenters. The van der Waals surface area contributed by atoms with Crippen molar-refractivity contribution < 1.29 is 31.2 Å². The molecule has 0 saturated heterocycles. The predicted octanol–water partition coefficient (Wildman–Crippen LogP) is 5.19. The second kappa shape index (κ2) is 11.3. The van der Waals surface area contributed by atoms with Crippen LogP contribution in [0.3, 0.4) is 0 Å². The Morgan fingerprint density at radius 2 is 1.51 bits per heavy atom. The number of alkyl halides is 3. The van der Waals surface area contributed by atoms with E-state index in [0.717, 1.165) is 18.2 Å². The number of carbonyl (C=O) groups is 2. The Labute approximate surface area is 214 Å². The first-order valence-electron chi connectivity index (χ1n) is 11.5. The molecule has 0 spiro atoms. The fourth-order valence-corrected chi connectivity index (χ4v) is 4.96. The molecule has 3 aromatic carbocycles. The van der Waals surface area contributed by atoms with E-state index in [4.69, 9.17) is 0 Å². The van der Waals surface area contributed by atoms with Crippen molar-refractivity contribution in [2.45, 2.75) is 44.4 Å². The summed E-state index contributed by atoms with van der Waals surface area (Å²) < 4.78 is 67.1. The van der Waals surface area contributed by atoms with Crippen LogP contribution in [0.25, 0.3) is 11.1 Å². The number of sulfonamides is 1. The van der Waals surface area contributed by atoms with Crippen molar-refractivity contribution in [3.8, 4) is 11.1 Å². The summed E-state index contributed by atoms with van der Waals surface area (Å²) in [6, 6.07) is 16.3. The van der Waals surface area contributed by atoms with Crippen LogP contribution >= 0.6 is 0 Å². The average Bonchev–Trinajstić information content (AvgIpc) is 2.85. The first kappa shape index (κ1) is 28.1. The summed E-state index contributed by atoms with van der Waals surface area (Å²) >= 11 is 0. The van der Waals surface area contributed by atoms with Crippen molar-refractivity contribution in [3.05, 3.63) is 89.5 Å². The minimum atomic E-state index is -4.68. The lowest BCUT2D eigenvalue weighted by molar-refractivity contribution is -0.137. The Hall–Kier alpha value is -3.50. The van der Waals surface area contributed by atoms with Crippen molar-refractivity contribution >= 4 is 21.7 Å². The molecule has 0 heterocycles. The largest absolute Gasteiger partial charge is 0.416 e. The van der Waals surface area contributed by atoms with Gasteiger partial charge in [-0.2, -0.15) is 13.2 Å². The van der Waals surface area contributed by atoms with E-state index in [1.807, 2.05) is 13.8 Å². The van der Waals surface area contributed by atoms with Crippen molar-refractivity contribution in [2.75, 3.05) is 0 Å².